The van der Waals surface area contributed by atoms with Crippen LogP contribution < -0.4 is 5.32 Å². The molecule has 16 heavy (non-hydrogen) atoms. The minimum atomic E-state index is 0.544. The van der Waals surface area contributed by atoms with E-state index in [-0.39, 0.29) is 0 Å². The molecule has 2 heterocycles. The van der Waals surface area contributed by atoms with Gasteiger partial charge < -0.3 is 5.32 Å². The van der Waals surface area contributed by atoms with Crippen molar-refractivity contribution >= 4 is 21.6 Å². The molecule has 0 bridgehead atoms. The summed E-state index contributed by atoms with van der Waals surface area (Å²) in [7, 11) is 0. The van der Waals surface area contributed by atoms with Crippen LogP contribution in [0.2, 0.25) is 0 Å². The Hall–Kier alpha value is -0.610. The normalized spacial score (nSPS) is 21.6. The quantitative estimate of drug-likeness (QED) is 0.865. The summed E-state index contributed by atoms with van der Waals surface area (Å²) < 4.78 is 0.901. The fraction of sp³-hybridized carbons (Fsp3) is 0.583. The molecule has 1 unspecified atom stereocenters. The third-order valence-electron chi connectivity index (χ3n) is 3.07. The number of pyridine rings is 1. The Morgan fingerprint density at radius 2 is 2.38 bits per heavy atom. The van der Waals surface area contributed by atoms with Crippen LogP contribution in [0, 0.1) is 0 Å². The number of anilines is 1. The molecule has 0 saturated carbocycles. The minimum Gasteiger partial charge on any atom is -0.379 e. The average Bonchev–Trinajstić information content (AvgIpc) is 2.70. The van der Waals surface area contributed by atoms with Gasteiger partial charge in [-0.1, -0.05) is 0 Å². The van der Waals surface area contributed by atoms with E-state index in [0.29, 0.717) is 12.1 Å². The molecule has 1 aromatic rings. The molecule has 3 nitrogen and oxygen atoms in total. The van der Waals surface area contributed by atoms with E-state index in [1.54, 1.807) is 6.20 Å². The third kappa shape index (κ3) is 2.74. The van der Waals surface area contributed by atoms with Crippen molar-refractivity contribution in [1.82, 2.24) is 9.88 Å². The molecule has 1 aliphatic rings. The molecule has 4 heteroatoms. The monoisotopic (exact) mass is 283 g/mol. The van der Waals surface area contributed by atoms with Crippen LogP contribution in [-0.2, 0) is 0 Å². The van der Waals surface area contributed by atoms with E-state index in [4.69, 9.17) is 0 Å². The fourth-order valence-corrected chi connectivity index (χ4v) is 2.45. The summed E-state index contributed by atoms with van der Waals surface area (Å²) in [5, 5.41) is 3.54. The molecule has 1 N–H and O–H groups in total. The Balaban J connectivity index is 1.95. The van der Waals surface area contributed by atoms with Gasteiger partial charge in [-0.15, -0.1) is 0 Å². The van der Waals surface area contributed by atoms with E-state index in [2.05, 4.69) is 51.0 Å². The van der Waals surface area contributed by atoms with Crippen molar-refractivity contribution in [2.45, 2.75) is 32.4 Å². The second-order valence-electron chi connectivity index (χ2n) is 4.56. The number of likely N-dealkylation sites (tertiary alicyclic amines) is 1. The van der Waals surface area contributed by atoms with Crippen LogP contribution in [0.25, 0.3) is 0 Å². The highest BCUT2D eigenvalue weighted by Gasteiger charge is 2.24. The molecule has 2 rings (SSSR count). The summed E-state index contributed by atoms with van der Waals surface area (Å²) in [5.74, 6) is 0. The number of hydrogen-bond acceptors (Lipinski definition) is 3. The van der Waals surface area contributed by atoms with Gasteiger partial charge in [0.1, 0.15) is 4.60 Å². The molecule has 0 aliphatic carbocycles. The maximum absolute atomic E-state index is 4.22. The molecule has 88 valence electrons. The molecular weight excluding hydrogens is 266 g/mol. The first-order chi connectivity index (χ1) is 7.66. The standard InChI is InChI=1S/C12H18BrN3/c1-9(2)16-7-5-10(8-16)15-11-4-3-6-14-12(11)13/h3-4,6,9-10,15H,5,7-8H2,1-2H3. The lowest BCUT2D eigenvalue weighted by molar-refractivity contribution is 0.274. The summed E-state index contributed by atoms with van der Waals surface area (Å²) in [6, 6.07) is 5.21. The molecule has 1 aromatic heterocycles. The smallest absolute Gasteiger partial charge is 0.129 e. The SMILES string of the molecule is CC(C)N1CCC(Nc2cccnc2Br)C1. The Morgan fingerprint density at radius 3 is 3.00 bits per heavy atom. The molecule has 1 aliphatic heterocycles. The van der Waals surface area contributed by atoms with Crippen LogP contribution in [0.1, 0.15) is 20.3 Å². The molecule has 0 radical (unpaired) electrons. The number of nitrogens with zero attached hydrogens (tertiary/aromatic N) is 2. The van der Waals surface area contributed by atoms with Gasteiger partial charge in [0, 0.05) is 31.4 Å². The Kier molecular flexibility index (Phi) is 3.82. The Morgan fingerprint density at radius 1 is 1.56 bits per heavy atom. The predicted molar refractivity (Wildman–Crippen MR) is 70.7 cm³/mol. The second-order valence-corrected chi connectivity index (χ2v) is 5.31. The van der Waals surface area contributed by atoms with E-state index in [1.165, 1.54) is 13.0 Å². The maximum atomic E-state index is 4.22. The van der Waals surface area contributed by atoms with Gasteiger partial charge in [-0.2, -0.15) is 0 Å². The first kappa shape index (κ1) is 11.9. The highest BCUT2D eigenvalue weighted by molar-refractivity contribution is 9.10. The lowest BCUT2D eigenvalue weighted by atomic mass is 10.2. The first-order valence-corrected chi connectivity index (χ1v) is 6.57. The number of halogens is 1. The van der Waals surface area contributed by atoms with Crippen LogP contribution in [0.3, 0.4) is 0 Å². The minimum absolute atomic E-state index is 0.544. The second kappa shape index (κ2) is 5.15. The molecule has 1 saturated heterocycles. The third-order valence-corrected chi connectivity index (χ3v) is 3.70. The number of nitrogens with one attached hydrogen (secondary N) is 1. The first-order valence-electron chi connectivity index (χ1n) is 5.78. The highest BCUT2D eigenvalue weighted by Crippen LogP contribution is 2.22. The molecule has 0 amide bonds. The van der Waals surface area contributed by atoms with Gasteiger partial charge in [-0.25, -0.2) is 4.98 Å². The van der Waals surface area contributed by atoms with Crippen molar-refractivity contribution < 1.29 is 0 Å². The van der Waals surface area contributed by atoms with Gasteiger partial charge in [-0.3, -0.25) is 4.90 Å². The van der Waals surface area contributed by atoms with Crippen LogP contribution in [-0.4, -0.2) is 35.1 Å². The summed E-state index contributed by atoms with van der Waals surface area (Å²) in [6.07, 6.45) is 3.00. The lowest BCUT2D eigenvalue weighted by Gasteiger charge is -2.21. The fourth-order valence-electron chi connectivity index (χ4n) is 2.09. The van der Waals surface area contributed by atoms with E-state index in [0.717, 1.165) is 16.8 Å². The highest BCUT2D eigenvalue weighted by atomic mass is 79.9. The largest absolute Gasteiger partial charge is 0.379 e. The zero-order chi connectivity index (χ0) is 11.5. The van der Waals surface area contributed by atoms with Crippen LogP contribution in [0.5, 0.6) is 0 Å². The molecule has 0 aromatic carbocycles. The average molecular weight is 284 g/mol. The zero-order valence-corrected chi connectivity index (χ0v) is 11.4. The van der Waals surface area contributed by atoms with E-state index >= 15 is 0 Å². The summed E-state index contributed by atoms with van der Waals surface area (Å²) in [6.45, 7) is 6.82. The summed E-state index contributed by atoms with van der Waals surface area (Å²) >= 11 is 3.46. The van der Waals surface area contributed by atoms with Crippen molar-refractivity contribution in [2.24, 2.45) is 0 Å². The van der Waals surface area contributed by atoms with Gasteiger partial charge in [-0.05, 0) is 48.3 Å². The van der Waals surface area contributed by atoms with Gasteiger partial charge in [0.05, 0.1) is 5.69 Å². The van der Waals surface area contributed by atoms with Crippen molar-refractivity contribution in [3.8, 4) is 0 Å². The molecular formula is C12H18BrN3. The van der Waals surface area contributed by atoms with Crippen LogP contribution >= 0.6 is 15.9 Å². The van der Waals surface area contributed by atoms with E-state index < -0.39 is 0 Å². The Labute approximate surface area is 105 Å². The topological polar surface area (TPSA) is 28.2 Å². The molecule has 1 fully saturated rings. The molecule has 0 spiro atoms. The van der Waals surface area contributed by atoms with Crippen molar-refractivity contribution in [3.05, 3.63) is 22.9 Å². The number of aromatic nitrogens is 1. The summed E-state index contributed by atoms with van der Waals surface area (Å²) in [4.78, 5) is 6.72. The van der Waals surface area contributed by atoms with Crippen LogP contribution in [0.4, 0.5) is 5.69 Å². The van der Waals surface area contributed by atoms with E-state index in [1.807, 2.05) is 6.07 Å². The number of hydrogen-bond donors (Lipinski definition) is 1. The Bertz CT molecular complexity index is 354. The van der Waals surface area contributed by atoms with Crippen molar-refractivity contribution in [3.63, 3.8) is 0 Å². The molecule has 1 atom stereocenters. The van der Waals surface area contributed by atoms with E-state index in [9.17, 15) is 0 Å². The summed E-state index contributed by atoms with van der Waals surface area (Å²) in [5.41, 5.74) is 1.10. The van der Waals surface area contributed by atoms with Crippen molar-refractivity contribution in [2.75, 3.05) is 18.4 Å². The van der Waals surface area contributed by atoms with Gasteiger partial charge in [0.2, 0.25) is 0 Å². The van der Waals surface area contributed by atoms with Gasteiger partial charge in [0.25, 0.3) is 0 Å². The number of rotatable bonds is 3. The predicted octanol–water partition coefficient (Wildman–Crippen LogP) is 2.74. The van der Waals surface area contributed by atoms with Crippen LogP contribution in [0.15, 0.2) is 22.9 Å². The van der Waals surface area contributed by atoms with Gasteiger partial charge in [0.15, 0.2) is 0 Å². The maximum Gasteiger partial charge on any atom is 0.129 e. The lowest BCUT2D eigenvalue weighted by Crippen LogP contribution is -2.31. The van der Waals surface area contributed by atoms with Crippen molar-refractivity contribution in [1.29, 1.82) is 0 Å². The van der Waals surface area contributed by atoms with Gasteiger partial charge >= 0.3 is 0 Å². The zero-order valence-electron chi connectivity index (χ0n) is 9.78.